The molecule has 2 aromatic heterocycles. The summed E-state index contributed by atoms with van der Waals surface area (Å²) in [7, 11) is 0. The molecular weight excluding hydrogens is 340 g/mol. The number of carbonyl (C=O) groups excluding carboxylic acids is 1. The molecule has 4 rings (SSSR count). The van der Waals surface area contributed by atoms with Crippen molar-refractivity contribution in [2.75, 3.05) is 23.3 Å². The molecule has 27 heavy (non-hydrogen) atoms. The fourth-order valence-corrected chi connectivity index (χ4v) is 3.33. The number of hydrogen-bond donors (Lipinski definition) is 2. The van der Waals surface area contributed by atoms with Gasteiger partial charge in [0.2, 0.25) is 0 Å². The van der Waals surface area contributed by atoms with Crippen LogP contribution >= 0.6 is 0 Å². The standard InChI is InChI=1S/C21H20N4O2/c26-20-15(10-11-17(23-20)16-7-3-4-12-22-16)21(27)24-18-8-1-2-9-19(18)25-13-5-6-14-25/h1-4,7-12H,5-6,13-14H2,(H,23,26)(H,24,27). The molecule has 3 aromatic rings. The van der Waals surface area contributed by atoms with Gasteiger partial charge in [-0.3, -0.25) is 14.6 Å². The lowest BCUT2D eigenvalue weighted by atomic mass is 10.2. The van der Waals surface area contributed by atoms with Crippen LogP contribution in [0.1, 0.15) is 23.2 Å². The molecule has 0 aliphatic carbocycles. The van der Waals surface area contributed by atoms with Crippen LogP contribution in [-0.4, -0.2) is 29.0 Å². The van der Waals surface area contributed by atoms with E-state index in [0.29, 0.717) is 11.4 Å². The number of aromatic nitrogens is 2. The first-order valence-electron chi connectivity index (χ1n) is 9.02. The van der Waals surface area contributed by atoms with Crippen LogP contribution in [0.2, 0.25) is 0 Å². The lowest BCUT2D eigenvalue weighted by Crippen LogP contribution is -2.25. The zero-order chi connectivity index (χ0) is 18.6. The number of anilines is 2. The van der Waals surface area contributed by atoms with Crippen LogP contribution < -0.4 is 15.8 Å². The second kappa shape index (κ2) is 7.45. The lowest BCUT2D eigenvalue weighted by Gasteiger charge is -2.21. The first-order chi connectivity index (χ1) is 13.2. The van der Waals surface area contributed by atoms with Gasteiger partial charge in [0.25, 0.3) is 11.5 Å². The highest BCUT2D eigenvalue weighted by Crippen LogP contribution is 2.28. The highest BCUT2D eigenvalue weighted by molar-refractivity contribution is 6.05. The van der Waals surface area contributed by atoms with Crippen molar-refractivity contribution in [3.8, 4) is 11.4 Å². The maximum atomic E-state index is 12.7. The van der Waals surface area contributed by atoms with E-state index in [0.717, 1.165) is 37.3 Å². The quantitative estimate of drug-likeness (QED) is 0.748. The van der Waals surface area contributed by atoms with Gasteiger partial charge in [-0.15, -0.1) is 0 Å². The third-order valence-electron chi connectivity index (χ3n) is 4.69. The minimum absolute atomic E-state index is 0.0749. The third kappa shape index (κ3) is 3.60. The van der Waals surface area contributed by atoms with Crippen LogP contribution in [0, 0.1) is 0 Å². The van der Waals surface area contributed by atoms with Crippen molar-refractivity contribution in [1.82, 2.24) is 9.97 Å². The highest BCUT2D eigenvalue weighted by atomic mass is 16.2. The number of nitrogens with one attached hydrogen (secondary N) is 2. The highest BCUT2D eigenvalue weighted by Gasteiger charge is 2.18. The summed E-state index contributed by atoms with van der Waals surface area (Å²) in [5, 5.41) is 2.89. The summed E-state index contributed by atoms with van der Waals surface area (Å²) in [6.07, 6.45) is 3.96. The Bertz CT molecular complexity index is 1010. The van der Waals surface area contributed by atoms with Crippen molar-refractivity contribution in [2.24, 2.45) is 0 Å². The van der Waals surface area contributed by atoms with E-state index < -0.39 is 11.5 Å². The maximum absolute atomic E-state index is 12.7. The first-order valence-corrected chi connectivity index (χ1v) is 9.02. The summed E-state index contributed by atoms with van der Waals surface area (Å²) in [4.78, 5) is 34.3. The molecule has 3 heterocycles. The predicted molar refractivity (Wildman–Crippen MR) is 106 cm³/mol. The van der Waals surface area contributed by atoms with Crippen LogP contribution in [0.5, 0.6) is 0 Å². The maximum Gasteiger partial charge on any atom is 0.261 e. The first kappa shape index (κ1) is 17.0. The number of H-pyrrole nitrogens is 1. The van der Waals surface area contributed by atoms with Crippen LogP contribution in [0.15, 0.2) is 65.6 Å². The Morgan fingerprint density at radius 2 is 1.78 bits per heavy atom. The van der Waals surface area contributed by atoms with Gasteiger partial charge in [-0.1, -0.05) is 18.2 Å². The second-order valence-corrected chi connectivity index (χ2v) is 6.50. The number of carbonyl (C=O) groups is 1. The normalized spacial score (nSPS) is 13.6. The zero-order valence-electron chi connectivity index (χ0n) is 14.8. The largest absolute Gasteiger partial charge is 0.370 e. The van der Waals surface area contributed by atoms with Crippen LogP contribution in [-0.2, 0) is 0 Å². The van der Waals surface area contributed by atoms with E-state index >= 15 is 0 Å². The summed E-state index contributed by atoms with van der Waals surface area (Å²) in [5.41, 5.74) is 2.58. The molecule has 0 bridgehead atoms. The molecule has 0 radical (unpaired) electrons. The SMILES string of the molecule is O=C(Nc1ccccc1N1CCCC1)c1ccc(-c2ccccn2)[nH]c1=O. The molecule has 0 atom stereocenters. The molecule has 0 unspecified atom stereocenters. The number of amides is 1. The van der Waals surface area contributed by atoms with E-state index in [9.17, 15) is 9.59 Å². The van der Waals surface area contributed by atoms with Gasteiger partial charge in [-0.05, 0) is 49.2 Å². The van der Waals surface area contributed by atoms with Gasteiger partial charge < -0.3 is 15.2 Å². The number of pyridine rings is 2. The Morgan fingerprint density at radius 1 is 1.00 bits per heavy atom. The van der Waals surface area contributed by atoms with Crippen LogP contribution in [0.25, 0.3) is 11.4 Å². The van der Waals surface area contributed by atoms with Gasteiger partial charge in [0.15, 0.2) is 0 Å². The van der Waals surface area contributed by atoms with Crippen molar-refractivity contribution < 1.29 is 4.79 Å². The van der Waals surface area contributed by atoms with Crippen molar-refractivity contribution in [1.29, 1.82) is 0 Å². The molecule has 6 nitrogen and oxygen atoms in total. The molecule has 1 aliphatic rings. The summed E-state index contributed by atoms with van der Waals surface area (Å²) in [6.45, 7) is 1.96. The Balaban J connectivity index is 1.58. The summed E-state index contributed by atoms with van der Waals surface area (Å²) in [6, 6.07) is 16.4. The number of benzene rings is 1. The van der Waals surface area contributed by atoms with E-state index in [1.807, 2.05) is 30.3 Å². The van der Waals surface area contributed by atoms with Gasteiger partial charge >= 0.3 is 0 Å². The fraction of sp³-hybridized carbons (Fsp3) is 0.190. The topological polar surface area (TPSA) is 78.1 Å². The molecule has 1 saturated heterocycles. The Morgan fingerprint density at radius 3 is 2.52 bits per heavy atom. The average molecular weight is 360 g/mol. The molecule has 2 N–H and O–H groups in total. The van der Waals surface area contributed by atoms with E-state index in [1.54, 1.807) is 24.4 Å². The molecule has 1 fully saturated rings. The minimum atomic E-state index is -0.436. The molecule has 136 valence electrons. The van der Waals surface area contributed by atoms with Gasteiger partial charge in [-0.25, -0.2) is 0 Å². The summed E-state index contributed by atoms with van der Waals surface area (Å²) in [5.74, 6) is -0.421. The molecule has 1 aliphatic heterocycles. The third-order valence-corrected chi connectivity index (χ3v) is 4.69. The molecule has 1 amide bonds. The van der Waals surface area contributed by atoms with Crippen molar-refractivity contribution >= 4 is 17.3 Å². The van der Waals surface area contributed by atoms with Crippen molar-refractivity contribution in [3.63, 3.8) is 0 Å². The predicted octanol–water partition coefficient (Wildman–Crippen LogP) is 3.29. The Kier molecular flexibility index (Phi) is 4.70. The summed E-state index contributed by atoms with van der Waals surface area (Å²) < 4.78 is 0. The number of aromatic amines is 1. The number of rotatable bonds is 4. The molecular formula is C21H20N4O2. The molecule has 0 saturated carbocycles. The van der Waals surface area contributed by atoms with Gasteiger partial charge in [0, 0.05) is 19.3 Å². The Labute approximate surface area is 156 Å². The van der Waals surface area contributed by atoms with Gasteiger partial charge in [0.05, 0.1) is 22.8 Å². The lowest BCUT2D eigenvalue weighted by molar-refractivity contribution is 0.102. The second-order valence-electron chi connectivity index (χ2n) is 6.50. The average Bonchev–Trinajstić information content (AvgIpc) is 3.23. The van der Waals surface area contributed by atoms with E-state index in [2.05, 4.69) is 20.2 Å². The minimum Gasteiger partial charge on any atom is -0.370 e. The molecule has 0 spiro atoms. The fourth-order valence-electron chi connectivity index (χ4n) is 3.33. The monoisotopic (exact) mass is 360 g/mol. The number of hydrogen-bond acceptors (Lipinski definition) is 4. The number of nitrogens with zero attached hydrogens (tertiary/aromatic N) is 2. The molecule has 1 aromatic carbocycles. The summed E-state index contributed by atoms with van der Waals surface area (Å²) >= 11 is 0. The van der Waals surface area contributed by atoms with Crippen LogP contribution in [0.4, 0.5) is 11.4 Å². The van der Waals surface area contributed by atoms with Gasteiger partial charge in [-0.2, -0.15) is 0 Å². The Hall–Kier alpha value is -3.41. The van der Waals surface area contributed by atoms with E-state index in [4.69, 9.17) is 0 Å². The number of para-hydroxylation sites is 2. The molecule has 6 heteroatoms. The van der Waals surface area contributed by atoms with Gasteiger partial charge in [0.1, 0.15) is 5.56 Å². The van der Waals surface area contributed by atoms with E-state index in [1.165, 1.54) is 6.07 Å². The smallest absolute Gasteiger partial charge is 0.261 e. The van der Waals surface area contributed by atoms with Crippen LogP contribution in [0.3, 0.4) is 0 Å². The van der Waals surface area contributed by atoms with Crippen molar-refractivity contribution in [3.05, 3.63) is 76.7 Å². The zero-order valence-corrected chi connectivity index (χ0v) is 14.8. The van der Waals surface area contributed by atoms with E-state index in [-0.39, 0.29) is 5.56 Å². The van der Waals surface area contributed by atoms with Crippen molar-refractivity contribution in [2.45, 2.75) is 12.8 Å².